The standard InChI is InChI=1S/C16H34S4/c1-5-11-17-15(7-3)9-13-19-20-14-10-16(8-4)18-12-6-2/h15-16H,5-14H2,1-4H3. The van der Waals surface area contributed by atoms with Crippen molar-refractivity contribution in [3.63, 3.8) is 0 Å². The van der Waals surface area contributed by atoms with Crippen molar-refractivity contribution in [1.29, 1.82) is 0 Å². The molecular formula is C16H34S4. The fourth-order valence-corrected chi connectivity index (χ4v) is 6.62. The van der Waals surface area contributed by atoms with E-state index in [2.05, 4.69) is 72.8 Å². The van der Waals surface area contributed by atoms with Crippen LogP contribution in [0.4, 0.5) is 0 Å². The predicted molar refractivity (Wildman–Crippen MR) is 108 cm³/mol. The molecule has 0 aliphatic carbocycles. The molecule has 0 saturated heterocycles. The SMILES string of the molecule is CCCSC(CC)CCSSCCC(CC)SCCC. The van der Waals surface area contributed by atoms with Crippen LogP contribution in [0.3, 0.4) is 0 Å². The van der Waals surface area contributed by atoms with Crippen molar-refractivity contribution in [3.8, 4) is 0 Å². The summed E-state index contributed by atoms with van der Waals surface area (Å²) in [6.07, 6.45) is 8.08. The zero-order chi connectivity index (χ0) is 15.1. The van der Waals surface area contributed by atoms with E-state index in [1.54, 1.807) is 0 Å². The molecule has 0 spiro atoms. The molecule has 0 bridgehead atoms. The molecule has 0 N–H and O–H groups in total. The van der Waals surface area contributed by atoms with Gasteiger partial charge in [-0.3, -0.25) is 0 Å². The minimum Gasteiger partial charge on any atom is -0.159 e. The number of hydrogen-bond acceptors (Lipinski definition) is 4. The molecule has 20 heavy (non-hydrogen) atoms. The molecule has 0 radical (unpaired) electrons. The first-order valence-electron chi connectivity index (χ1n) is 8.25. The summed E-state index contributed by atoms with van der Waals surface area (Å²) in [6, 6.07) is 0. The molecule has 0 saturated carbocycles. The Labute approximate surface area is 144 Å². The van der Waals surface area contributed by atoms with Gasteiger partial charge in [-0.2, -0.15) is 23.5 Å². The Morgan fingerprint density at radius 1 is 0.600 bits per heavy atom. The van der Waals surface area contributed by atoms with Crippen LogP contribution >= 0.6 is 45.1 Å². The fourth-order valence-electron chi connectivity index (χ4n) is 1.86. The topological polar surface area (TPSA) is 0 Å². The van der Waals surface area contributed by atoms with Crippen LogP contribution in [-0.4, -0.2) is 33.5 Å². The van der Waals surface area contributed by atoms with Crippen LogP contribution in [0.5, 0.6) is 0 Å². The van der Waals surface area contributed by atoms with E-state index >= 15 is 0 Å². The van der Waals surface area contributed by atoms with E-state index in [1.165, 1.54) is 61.5 Å². The second kappa shape index (κ2) is 16.8. The highest BCUT2D eigenvalue weighted by Gasteiger charge is 2.08. The van der Waals surface area contributed by atoms with Crippen LogP contribution in [0.15, 0.2) is 0 Å². The molecule has 0 aromatic rings. The predicted octanol–water partition coefficient (Wildman–Crippen LogP) is 6.99. The van der Waals surface area contributed by atoms with Crippen molar-refractivity contribution in [2.75, 3.05) is 23.0 Å². The highest BCUT2D eigenvalue weighted by molar-refractivity contribution is 8.76. The normalized spacial score (nSPS) is 14.4. The summed E-state index contributed by atoms with van der Waals surface area (Å²) in [5, 5.41) is 1.79. The van der Waals surface area contributed by atoms with Gasteiger partial charge in [0.1, 0.15) is 0 Å². The summed E-state index contributed by atoms with van der Waals surface area (Å²) in [6.45, 7) is 9.24. The molecule has 4 heteroatoms. The van der Waals surface area contributed by atoms with Crippen LogP contribution in [0.1, 0.15) is 66.2 Å². The second-order valence-electron chi connectivity index (χ2n) is 5.02. The van der Waals surface area contributed by atoms with Gasteiger partial charge in [0.2, 0.25) is 0 Å². The van der Waals surface area contributed by atoms with Gasteiger partial charge in [-0.1, -0.05) is 49.3 Å². The summed E-state index contributed by atoms with van der Waals surface area (Å²) in [5.41, 5.74) is 0. The van der Waals surface area contributed by atoms with Gasteiger partial charge in [0.25, 0.3) is 0 Å². The largest absolute Gasteiger partial charge is 0.159 e. The van der Waals surface area contributed by atoms with Gasteiger partial charge in [0, 0.05) is 22.0 Å². The molecule has 0 aromatic heterocycles. The molecular weight excluding hydrogens is 320 g/mol. The van der Waals surface area contributed by atoms with Crippen molar-refractivity contribution >= 4 is 45.1 Å². The van der Waals surface area contributed by atoms with E-state index in [-0.39, 0.29) is 0 Å². The van der Waals surface area contributed by atoms with Crippen molar-refractivity contribution in [3.05, 3.63) is 0 Å². The minimum atomic E-state index is 0.895. The second-order valence-corrected chi connectivity index (χ2v) is 10.5. The quantitative estimate of drug-likeness (QED) is 0.229. The first-order chi connectivity index (χ1) is 9.78. The summed E-state index contributed by atoms with van der Waals surface area (Å²) >= 11 is 4.35. The van der Waals surface area contributed by atoms with Crippen LogP contribution in [-0.2, 0) is 0 Å². The van der Waals surface area contributed by atoms with Crippen LogP contribution in [0.25, 0.3) is 0 Å². The van der Waals surface area contributed by atoms with E-state index in [4.69, 9.17) is 0 Å². The molecule has 2 unspecified atom stereocenters. The van der Waals surface area contributed by atoms with E-state index in [1.807, 2.05) is 0 Å². The highest BCUT2D eigenvalue weighted by Crippen LogP contribution is 2.29. The third-order valence-corrected chi connectivity index (χ3v) is 9.00. The summed E-state index contributed by atoms with van der Waals surface area (Å²) in [4.78, 5) is 0. The van der Waals surface area contributed by atoms with E-state index in [9.17, 15) is 0 Å². The Morgan fingerprint density at radius 2 is 1.00 bits per heavy atom. The average molecular weight is 355 g/mol. The van der Waals surface area contributed by atoms with Gasteiger partial charge in [-0.05, 0) is 50.0 Å². The van der Waals surface area contributed by atoms with Gasteiger partial charge in [0.05, 0.1) is 0 Å². The lowest BCUT2D eigenvalue weighted by Gasteiger charge is -2.14. The Hall–Kier alpha value is 1.40. The average Bonchev–Trinajstić information content (AvgIpc) is 2.48. The Morgan fingerprint density at radius 3 is 1.30 bits per heavy atom. The van der Waals surface area contributed by atoms with E-state index < -0.39 is 0 Å². The number of hydrogen-bond donors (Lipinski definition) is 0. The van der Waals surface area contributed by atoms with Crippen molar-refractivity contribution in [2.45, 2.75) is 76.7 Å². The number of thioether (sulfide) groups is 2. The van der Waals surface area contributed by atoms with Gasteiger partial charge in [-0.25, -0.2) is 0 Å². The molecule has 0 aromatic carbocycles. The van der Waals surface area contributed by atoms with Crippen molar-refractivity contribution in [2.24, 2.45) is 0 Å². The van der Waals surface area contributed by atoms with E-state index in [0.717, 1.165) is 10.5 Å². The van der Waals surface area contributed by atoms with E-state index in [0.29, 0.717) is 0 Å². The van der Waals surface area contributed by atoms with Gasteiger partial charge >= 0.3 is 0 Å². The third kappa shape index (κ3) is 13.1. The minimum absolute atomic E-state index is 0.895. The molecule has 0 fully saturated rings. The fraction of sp³-hybridized carbons (Fsp3) is 1.00. The van der Waals surface area contributed by atoms with Gasteiger partial charge in [-0.15, -0.1) is 0 Å². The summed E-state index contributed by atoms with van der Waals surface area (Å²) < 4.78 is 0. The Bertz CT molecular complexity index is 167. The van der Waals surface area contributed by atoms with Crippen molar-refractivity contribution in [1.82, 2.24) is 0 Å². The van der Waals surface area contributed by atoms with Crippen molar-refractivity contribution < 1.29 is 0 Å². The van der Waals surface area contributed by atoms with Crippen LogP contribution < -0.4 is 0 Å². The highest BCUT2D eigenvalue weighted by atomic mass is 33.1. The summed E-state index contributed by atoms with van der Waals surface area (Å²) in [7, 11) is 4.20. The molecule has 0 heterocycles. The monoisotopic (exact) mass is 354 g/mol. The lowest BCUT2D eigenvalue weighted by molar-refractivity contribution is 0.797. The molecule has 0 amide bonds. The van der Waals surface area contributed by atoms with Gasteiger partial charge < -0.3 is 0 Å². The Balaban J connectivity index is 3.45. The maximum absolute atomic E-state index is 2.34. The summed E-state index contributed by atoms with van der Waals surface area (Å²) in [5.74, 6) is 5.34. The molecule has 122 valence electrons. The zero-order valence-corrected chi connectivity index (χ0v) is 17.1. The first kappa shape index (κ1) is 21.4. The number of rotatable bonds is 15. The maximum atomic E-state index is 2.34. The smallest absolute Gasteiger partial charge is 0.00525 e. The van der Waals surface area contributed by atoms with Crippen LogP contribution in [0, 0.1) is 0 Å². The molecule has 0 rings (SSSR count). The lowest BCUT2D eigenvalue weighted by atomic mass is 10.3. The maximum Gasteiger partial charge on any atom is 0.00525 e. The van der Waals surface area contributed by atoms with Crippen LogP contribution in [0.2, 0.25) is 0 Å². The third-order valence-electron chi connectivity index (χ3n) is 3.16. The molecule has 0 aliphatic rings. The zero-order valence-electron chi connectivity index (χ0n) is 13.9. The molecule has 0 nitrogen and oxygen atoms in total. The van der Waals surface area contributed by atoms with Gasteiger partial charge in [0.15, 0.2) is 0 Å². The Kier molecular flexibility index (Phi) is 17.9. The first-order valence-corrected chi connectivity index (χ1v) is 12.8. The molecule has 2 atom stereocenters. The lowest BCUT2D eigenvalue weighted by Crippen LogP contribution is -2.04. The molecule has 0 aliphatic heterocycles.